The molecular formula is C26H33N3O. The Kier molecular flexibility index (Phi) is 5.74. The number of H-pyrrole nitrogens is 1. The molecule has 1 unspecified atom stereocenters. The summed E-state index contributed by atoms with van der Waals surface area (Å²) in [7, 11) is 0. The summed E-state index contributed by atoms with van der Waals surface area (Å²) in [5.74, 6) is 1.89. The van der Waals surface area contributed by atoms with Crippen LogP contribution in [-0.2, 0) is 13.1 Å². The van der Waals surface area contributed by atoms with Gasteiger partial charge in [0.1, 0.15) is 0 Å². The molecule has 0 saturated heterocycles. The van der Waals surface area contributed by atoms with Gasteiger partial charge >= 0.3 is 0 Å². The van der Waals surface area contributed by atoms with Crippen molar-refractivity contribution in [2.45, 2.75) is 70.9 Å². The van der Waals surface area contributed by atoms with Gasteiger partial charge in [-0.2, -0.15) is 0 Å². The van der Waals surface area contributed by atoms with Gasteiger partial charge in [-0.15, -0.1) is 0 Å². The van der Waals surface area contributed by atoms with Crippen LogP contribution in [0.25, 0.3) is 6.08 Å². The van der Waals surface area contributed by atoms with Crippen molar-refractivity contribution >= 4 is 11.9 Å². The van der Waals surface area contributed by atoms with E-state index in [1.54, 1.807) is 6.33 Å². The van der Waals surface area contributed by atoms with Gasteiger partial charge in [-0.25, -0.2) is 4.98 Å². The molecule has 3 aliphatic rings. The predicted molar refractivity (Wildman–Crippen MR) is 120 cm³/mol. The molecule has 30 heavy (non-hydrogen) atoms. The molecule has 0 spiro atoms. The summed E-state index contributed by atoms with van der Waals surface area (Å²) in [5.41, 5.74) is 4.36. The third kappa shape index (κ3) is 4.10. The number of aromatic amines is 1. The largest absolute Gasteiger partial charge is 0.367 e. The summed E-state index contributed by atoms with van der Waals surface area (Å²) in [4.78, 5) is 23.4. The monoisotopic (exact) mass is 403 g/mol. The molecule has 2 aliphatic carbocycles. The molecule has 1 aliphatic heterocycles. The fourth-order valence-corrected chi connectivity index (χ4v) is 5.96. The first kappa shape index (κ1) is 19.6. The Morgan fingerprint density at radius 1 is 1.00 bits per heavy atom. The molecule has 1 atom stereocenters. The molecule has 5 rings (SSSR count). The summed E-state index contributed by atoms with van der Waals surface area (Å²) in [6.45, 7) is 1.66. The van der Waals surface area contributed by atoms with Crippen molar-refractivity contribution < 1.29 is 4.79 Å². The van der Waals surface area contributed by atoms with Gasteiger partial charge in [-0.05, 0) is 49.2 Å². The lowest BCUT2D eigenvalue weighted by Gasteiger charge is -2.33. The van der Waals surface area contributed by atoms with Crippen molar-refractivity contribution in [3.63, 3.8) is 0 Å². The highest BCUT2D eigenvalue weighted by Gasteiger charge is 2.37. The van der Waals surface area contributed by atoms with E-state index in [4.69, 9.17) is 0 Å². The smallest absolute Gasteiger partial charge is 0.166 e. The number of hydrogen-bond donors (Lipinski definition) is 1. The highest BCUT2D eigenvalue weighted by atomic mass is 16.1. The van der Waals surface area contributed by atoms with Crippen LogP contribution < -0.4 is 0 Å². The molecular weight excluding hydrogens is 370 g/mol. The molecule has 4 nitrogen and oxygen atoms in total. The Balaban J connectivity index is 1.28. The van der Waals surface area contributed by atoms with Crippen LogP contribution in [0.5, 0.6) is 0 Å². The zero-order valence-corrected chi connectivity index (χ0v) is 17.9. The van der Waals surface area contributed by atoms with E-state index >= 15 is 0 Å². The number of carbonyl (C=O) groups excluding carboxylic acids is 1. The second-order valence-corrected chi connectivity index (χ2v) is 9.51. The zero-order valence-electron chi connectivity index (χ0n) is 17.9. The third-order valence-electron chi connectivity index (χ3n) is 7.55. The molecule has 1 N–H and O–H groups in total. The van der Waals surface area contributed by atoms with Crippen LogP contribution in [0.4, 0.5) is 0 Å². The van der Waals surface area contributed by atoms with Crippen LogP contribution in [0, 0.1) is 17.8 Å². The lowest BCUT2D eigenvalue weighted by atomic mass is 9.70. The summed E-state index contributed by atoms with van der Waals surface area (Å²) in [6, 6.07) is 8.45. The van der Waals surface area contributed by atoms with Gasteiger partial charge in [0, 0.05) is 24.2 Å². The Morgan fingerprint density at radius 3 is 2.37 bits per heavy atom. The van der Waals surface area contributed by atoms with Crippen molar-refractivity contribution in [3.05, 3.63) is 59.3 Å². The van der Waals surface area contributed by atoms with E-state index in [2.05, 4.69) is 51.4 Å². The number of aromatic nitrogens is 2. The molecule has 0 amide bonds. The van der Waals surface area contributed by atoms with Gasteiger partial charge in [0.15, 0.2) is 5.78 Å². The SMILES string of the molecule is O=C(c1ccc(CN2C=Cc3[nH]cnc3C2)cc1)C(C1CCCCC1)C1CCCC1. The Morgan fingerprint density at radius 2 is 1.67 bits per heavy atom. The number of imidazole rings is 1. The first-order valence-corrected chi connectivity index (χ1v) is 11.9. The first-order valence-electron chi connectivity index (χ1n) is 11.9. The number of nitrogens with zero attached hydrogens (tertiary/aromatic N) is 2. The number of nitrogens with one attached hydrogen (secondary N) is 1. The van der Waals surface area contributed by atoms with Crippen LogP contribution in [0.15, 0.2) is 36.8 Å². The maximum absolute atomic E-state index is 13.6. The molecule has 2 heterocycles. The van der Waals surface area contributed by atoms with Crippen LogP contribution in [0.3, 0.4) is 0 Å². The maximum atomic E-state index is 13.6. The Bertz CT molecular complexity index is 885. The summed E-state index contributed by atoms with van der Waals surface area (Å²) in [6.07, 6.45) is 17.5. The van der Waals surface area contributed by atoms with Gasteiger partial charge in [0.2, 0.25) is 0 Å². The molecule has 158 valence electrons. The van der Waals surface area contributed by atoms with Crippen LogP contribution in [-0.4, -0.2) is 20.7 Å². The fourth-order valence-electron chi connectivity index (χ4n) is 5.96. The van der Waals surface area contributed by atoms with Crippen molar-refractivity contribution in [2.75, 3.05) is 0 Å². The van der Waals surface area contributed by atoms with Crippen LogP contribution >= 0.6 is 0 Å². The molecule has 1 aromatic heterocycles. The molecule has 2 saturated carbocycles. The number of benzene rings is 1. The quantitative estimate of drug-likeness (QED) is 0.605. The highest BCUT2D eigenvalue weighted by Crippen LogP contribution is 2.42. The molecule has 2 aromatic rings. The minimum Gasteiger partial charge on any atom is -0.367 e. The second kappa shape index (κ2) is 8.79. The summed E-state index contributed by atoms with van der Waals surface area (Å²) >= 11 is 0. The van der Waals surface area contributed by atoms with Gasteiger partial charge < -0.3 is 9.88 Å². The van der Waals surface area contributed by atoms with Crippen LogP contribution in [0.1, 0.15) is 85.1 Å². The molecule has 0 radical (unpaired) electrons. The molecule has 4 heteroatoms. The normalized spacial score (nSPS) is 21.0. The van der Waals surface area contributed by atoms with E-state index in [0.29, 0.717) is 17.6 Å². The van der Waals surface area contributed by atoms with Gasteiger partial charge in [-0.3, -0.25) is 4.79 Å². The summed E-state index contributed by atoms with van der Waals surface area (Å²) in [5, 5.41) is 0. The lowest BCUT2D eigenvalue weighted by molar-refractivity contribution is 0.0760. The maximum Gasteiger partial charge on any atom is 0.166 e. The van der Waals surface area contributed by atoms with Gasteiger partial charge in [0.25, 0.3) is 0 Å². The lowest BCUT2D eigenvalue weighted by Crippen LogP contribution is -2.31. The topological polar surface area (TPSA) is 49.0 Å². The first-order chi connectivity index (χ1) is 14.8. The third-order valence-corrected chi connectivity index (χ3v) is 7.55. The van der Waals surface area contributed by atoms with E-state index in [0.717, 1.165) is 30.0 Å². The molecule has 2 fully saturated rings. The van der Waals surface area contributed by atoms with Crippen molar-refractivity contribution in [3.8, 4) is 0 Å². The standard InChI is InChI=1S/C26H33N3O/c30-26(25(21-8-4-5-9-21)20-6-2-1-3-7-20)22-12-10-19(11-13-22)16-29-15-14-23-24(17-29)28-18-27-23/h10-15,18,20-21,25H,1-9,16-17H2,(H,27,28). The second-order valence-electron chi connectivity index (χ2n) is 9.51. The molecule has 0 bridgehead atoms. The van der Waals surface area contributed by atoms with E-state index in [-0.39, 0.29) is 5.92 Å². The summed E-state index contributed by atoms with van der Waals surface area (Å²) < 4.78 is 0. The van der Waals surface area contributed by atoms with Crippen molar-refractivity contribution in [1.82, 2.24) is 14.9 Å². The van der Waals surface area contributed by atoms with E-state index in [1.165, 1.54) is 63.4 Å². The number of Topliss-reactive ketones (excluding diaryl/α,β-unsaturated/α-hetero) is 1. The number of fused-ring (bicyclic) bond motifs is 1. The minimum absolute atomic E-state index is 0.252. The van der Waals surface area contributed by atoms with Crippen LogP contribution in [0.2, 0.25) is 0 Å². The number of carbonyl (C=O) groups is 1. The minimum atomic E-state index is 0.252. The highest BCUT2D eigenvalue weighted by molar-refractivity contribution is 5.98. The molecule has 1 aromatic carbocycles. The zero-order chi connectivity index (χ0) is 20.3. The van der Waals surface area contributed by atoms with Gasteiger partial charge in [0.05, 0.1) is 24.3 Å². The average Bonchev–Trinajstić information content (AvgIpc) is 3.47. The van der Waals surface area contributed by atoms with E-state index < -0.39 is 0 Å². The fraction of sp³-hybridized carbons (Fsp3) is 0.538. The average molecular weight is 404 g/mol. The van der Waals surface area contributed by atoms with E-state index in [1.807, 2.05) is 0 Å². The number of hydrogen-bond acceptors (Lipinski definition) is 3. The Hall–Kier alpha value is -2.36. The van der Waals surface area contributed by atoms with Gasteiger partial charge in [-0.1, -0.05) is 56.4 Å². The Labute approximate surface area is 179 Å². The van der Waals surface area contributed by atoms with Crippen molar-refractivity contribution in [2.24, 2.45) is 17.8 Å². The van der Waals surface area contributed by atoms with E-state index in [9.17, 15) is 4.79 Å². The number of ketones is 1. The predicted octanol–water partition coefficient (Wildman–Crippen LogP) is 5.97. The number of rotatable bonds is 6. The van der Waals surface area contributed by atoms with Crippen molar-refractivity contribution in [1.29, 1.82) is 0 Å².